The van der Waals surface area contributed by atoms with Gasteiger partial charge in [-0.3, -0.25) is 5.32 Å². The summed E-state index contributed by atoms with van der Waals surface area (Å²) in [6.07, 6.45) is -2.47. The summed E-state index contributed by atoms with van der Waals surface area (Å²) in [5.41, 5.74) is -0.455. The van der Waals surface area contributed by atoms with Gasteiger partial charge in [-0.15, -0.1) is 0 Å². The van der Waals surface area contributed by atoms with Crippen LogP contribution in [0, 0.1) is 0 Å². The molecule has 7 heteroatoms. The van der Waals surface area contributed by atoms with Crippen LogP contribution in [0.2, 0.25) is 0 Å². The van der Waals surface area contributed by atoms with Crippen molar-refractivity contribution in [3.8, 4) is 5.69 Å². The molecule has 106 valence electrons. The van der Waals surface area contributed by atoms with E-state index in [1.165, 1.54) is 11.0 Å². The lowest BCUT2D eigenvalue weighted by Crippen LogP contribution is -2.44. The van der Waals surface area contributed by atoms with Crippen LogP contribution < -0.4 is 5.32 Å². The molecule has 2 aromatic rings. The van der Waals surface area contributed by atoms with Gasteiger partial charge in [-0.05, 0) is 25.0 Å². The van der Waals surface area contributed by atoms with Gasteiger partial charge in [0.05, 0.1) is 17.6 Å². The maximum atomic E-state index is 12.8. The van der Waals surface area contributed by atoms with Gasteiger partial charge in [-0.2, -0.15) is 28.2 Å². The zero-order chi connectivity index (χ0) is 14.2. The molecule has 1 aliphatic carbocycles. The Kier molecular flexibility index (Phi) is 3.01. The van der Waals surface area contributed by atoms with E-state index in [1.807, 2.05) is 30.3 Å². The van der Waals surface area contributed by atoms with E-state index in [4.69, 9.17) is 0 Å². The zero-order valence-electron chi connectivity index (χ0n) is 10.6. The van der Waals surface area contributed by atoms with E-state index in [0.717, 1.165) is 5.69 Å². The zero-order valence-corrected chi connectivity index (χ0v) is 10.6. The van der Waals surface area contributed by atoms with Gasteiger partial charge in [0.1, 0.15) is 5.54 Å². The molecule has 0 saturated heterocycles. The van der Waals surface area contributed by atoms with Crippen molar-refractivity contribution in [3.63, 3.8) is 0 Å². The van der Waals surface area contributed by atoms with Crippen molar-refractivity contribution >= 4 is 0 Å². The monoisotopic (exact) mass is 282 g/mol. The van der Waals surface area contributed by atoms with E-state index >= 15 is 0 Å². The molecule has 3 rings (SSSR count). The summed E-state index contributed by atoms with van der Waals surface area (Å²) in [5, 5.41) is 10.8. The largest absolute Gasteiger partial charge is 0.406 e. The number of hydrogen-bond acceptors (Lipinski definition) is 3. The molecule has 0 aliphatic heterocycles. The Morgan fingerprint density at radius 3 is 2.50 bits per heavy atom. The van der Waals surface area contributed by atoms with Crippen LogP contribution in [0.15, 0.2) is 36.5 Å². The van der Waals surface area contributed by atoms with Crippen LogP contribution in [-0.4, -0.2) is 26.7 Å². The molecule has 1 aromatic heterocycles. The van der Waals surface area contributed by atoms with E-state index in [0.29, 0.717) is 5.69 Å². The average Bonchev–Trinajstić information content (AvgIpc) is 3.09. The van der Waals surface area contributed by atoms with Gasteiger partial charge in [-0.1, -0.05) is 18.2 Å². The number of para-hydroxylation sites is 1. The molecule has 1 heterocycles. The summed E-state index contributed by atoms with van der Waals surface area (Å²) < 4.78 is 38.3. The minimum atomic E-state index is -4.21. The fraction of sp³-hybridized carbons (Fsp3) is 0.385. The number of hydrogen-bond donors (Lipinski definition) is 1. The second-order valence-electron chi connectivity index (χ2n) is 4.89. The highest BCUT2D eigenvalue weighted by atomic mass is 19.4. The first-order valence-corrected chi connectivity index (χ1v) is 6.29. The van der Waals surface area contributed by atoms with Crippen LogP contribution in [-0.2, 0) is 6.54 Å². The molecule has 4 nitrogen and oxygen atoms in total. The molecule has 0 bridgehead atoms. The van der Waals surface area contributed by atoms with Gasteiger partial charge in [0.2, 0.25) is 0 Å². The maximum Gasteiger partial charge on any atom is 0.406 e. The minimum Gasteiger partial charge on any atom is -0.298 e. The number of benzene rings is 1. The van der Waals surface area contributed by atoms with Gasteiger partial charge >= 0.3 is 6.18 Å². The average molecular weight is 282 g/mol. The van der Waals surface area contributed by atoms with Gasteiger partial charge in [0.15, 0.2) is 0 Å². The highest BCUT2D eigenvalue weighted by Gasteiger charge is 2.63. The summed E-state index contributed by atoms with van der Waals surface area (Å²) in [7, 11) is 0. The van der Waals surface area contributed by atoms with Gasteiger partial charge in [0, 0.05) is 6.54 Å². The van der Waals surface area contributed by atoms with Crippen molar-refractivity contribution in [3.05, 3.63) is 42.2 Å². The Morgan fingerprint density at radius 2 is 1.90 bits per heavy atom. The first-order chi connectivity index (χ1) is 9.50. The van der Waals surface area contributed by atoms with E-state index in [2.05, 4.69) is 15.5 Å². The molecule has 0 spiro atoms. The summed E-state index contributed by atoms with van der Waals surface area (Å²) >= 11 is 0. The fourth-order valence-electron chi connectivity index (χ4n) is 2.01. The van der Waals surface area contributed by atoms with Crippen LogP contribution in [0.25, 0.3) is 5.69 Å². The van der Waals surface area contributed by atoms with E-state index in [1.54, 1.807) is 0 Å². The number of alkyl halides is 3. The predicted molar refractivity (Wildman–Crippen MR) is 66.2 cm³/mol. The molecule has 0 radical (unpaired) electrons. The second kappa shape index (κ2) is 4.59. The van der Waals surface area contributed by atoms with Crippen molar-refractivity contribution in [2.24, 2.45) is 0 Å². The van der Waals surface area contributed by atoms with Crippen molar-refractivity contribution in [2.45, 2.75) is 31.1 Å². The molecule has 1 aromatic carbocycles. The molecule has 1 N–H and O–H groups in total. The van der Waals surface area contributed by atoms with Crippen LogP contribution in [0.4, 0.5) is 13.2 Å². The summed E-state index contributed by atoms with van der Waals surface area (Å²) in [4.78, 5) is 1.41. The Labute approximate surface area is 113 Å². The summed E-state index contributed by atoms with van der Waals surface area (Å²) in [5.74, 6) is 0. The van der Waals surface area contributed by atoms with E-state index in [-0.39, 0.29) is 19.4 Å². The van der Waals surface area contributed by atoms with Crippen molar-refractivity contribution < 1.29 is 13.2 Å². The third-order valence-corrected chi connectivity index (χ3v) is 3.43. The molecular formula is C13H13F3N4. The smallest absolute Gasteiger partial charge is 0.298 e. The summed E-state index contributed by atoms with van der Waals surface area (Å²) in [6, 6.07) is 9.22. The topological polar surface area (TPSA) is 42.7 Å². The molecule has 1 fully saturated rings. The summed E-state index contributed by atoms with van der Waals surface area (Å²) in [6.45, 7) is 0.0618. The first kappa shape index (κ1) is 13.1. The molecule has 0 atom stereocenters. The van der Waals surface area contributed by atoms with Crippen molar-refractivity contribution in [1.82, 2.24) is 20.3 Å². The van der Waals surface area contributed by atoms with E-state index < -0.39 is 11.7 Å². The molecule has 1 saturated carbocycles. The standard InChI is InChI=1S/C13H13F3N4/c14-13(15,16)12(6-7-12)17-8-10-9-18-20(19-10)11-4-2-1-3-5-11/h1-5,9,17H,6-8H2. The number of nitrogens with one attached hydrogen (secondary N) is 1. The second-order valence-corrected chi connectivity index (χ2v) is 4.89. The maximum absolute atomic E-state index is 12.8. The van der Waals surface area contributed by atoms with Gasteiger partial charge < -0.3 is 0 Å². The van der Waals surface area contributed by atoms with Crippen molar-refractivity contribution in [1.29, 1.82) is 0 Å². The molecule has 20 heavy (non-hydrogen) atoms. The van der Waals surface area contributed by atoms with Gasteiger partial charge in [-0.25, -0.2) is 0 Å². The Bertz CT molecular complexity index is 587. The minimum absolute atomic E-state index is 0.0618. The van der Waals surface area contributed by atoms with Gasteiger partial charge in [0.25, 0.3) is 0 Å². The van der Waals surface area contributed by atoms with E-state index in [9.17, 15) is 13.2 Å². The van der Waals surface area contributed by atoms with Crippen LogP contribution in [0.3, 0.4) is 0 Å². The number of nitrogens with zero attached hydrogens (tertiary/aromatic N) is 3. The lowest BCUT2D eigenvalue weighted by molar-refractivity contribution is -0.166. The Hall–Kier alpha value is -1.89. The first-order valence-electron chi connectivity index (χ1n) is 6.29. The third kappa shape index (κ3) is 2.40. The van der Waals surface area contributed by atoms with Crippen LogP contribution in [0.5, 0.6) is 0 Å². The van der Waals surface area contributed by atoms with Crippen LogP contribution >= 0.6 is 0 Å². The SMILES string of the molecule is FC(F)(F)C1(NCc2cnn(-c3ccccc3)n2)CC1. The Balaban J connectivity index is 1.67. The molecule has 0 unspecified atom stereocenters. The van der Waals surface area contributed by atoms with Crippen molar-refractivity contribution in [2.75, 3.05) is 0 Å². The number of rotatable bonds is 4. The molecule has 0 amide bonds. The lowest BCUT2D eigenvalue weighted by Gasteiger charge is -2.19. The molecule has 1 aliphatic rings. The quantitative estimate of drug-likeness (QED) is 0.936. The Morgan fingerprint density at radius 1 is 1.20 bits per heavy atom. The lowest BCUT2D eigenvalue weighted by atomic mass is 10.2. The number of aromatic nitrogens is 3. The number of halogens is 3. The predicted octanol–water partition coefficient (Wildman–Crippen LogP) is 2.45. The normalized spacial score (nSPS) is 17.1. The van der Waals surface area contributed by atoms with Crippen LogP contribution in [0.1, 0.15) is 18.5 Å². The fourth-order valence-corrected chi connectivity index (χ4v) is 2.01. The highest BCUT2D eigenvalue weighted by molar-refractivity contribution is 5.28. The molecular weight excluding hydrogens is 269 g/mol. The third-order valence-electron chi connectivity index (χ3n) is 3.43. The highest BCUT2D eigenvalue weighted by Crippen LogP contribution is 2.48.